The van der Waals surface area contributed by atoms with Gasteiger partial charge in [0, 0.05) is 12.2 Å². The fourth-order valence-corrected chi connectivity index (χ4v) is 1.44. The monoisotopic (exact) mass is 267 g/mol. The topological polar surface area (TPSA) is 78.8 Å². The average Bonchev–Trinajstić information content (AvgIpc) is 2.34. The maximum absolute atomic E-state index is 12.0. The van der Waals surface area contributed by atoms with E-state index in [-0.39, 0.29) is 13.2 Å². The van der Waals surface area contributed by atoms with Gasteiger partial charge in [-0.1, -0.05) is 12.1 Å². The number of aliphatic hydroxyl groups excluding tert-OH is 2. The molecule has 1 aromatic rings. The Balaban J connectivity index is 2.81. The zero-order valence-corrected chi connectivity index (χ0v) is 11.5. The predicted octanol–water partition coefficient (Wildman–Crippen LogP) is 1.41. The highest BCUT2D eigenvalue weighted by atomic mass is 16.6. The minimum absolute atomic E-state index is 0.163. The number of esters is 1. The zero-order chi connectivity index (χ0) is 14.5. The van der Waals surface area contributed by atoms with E-state index in [0.717, 1.165) is 0 Å². The molecule has 1 aromatic carbocycles. The number of carbonyl (C=O) groups excluding carboxylic acids is 1. The van der Waals surface area contributed by atoms with E-state index in [4.69, 9.17) is 9.84 Å². The van der Waals surface area contributed by atoms with Gasteiger partial charge in [-0.2, -0.15) is 0 Å². The van der Waals surface area contributed by atoms with Crippen molar-refractivity contribution in [1.82, 2.24) is 0 Å². The number of benzene rings is 1. The Kier molecular flexibility index (Phi) is 5.32. The highest BCUT2D eigenvalue weighted by Crippen LogP contribution is 2.19. The largest absolute Gasteiger partial charge is 0.456 e. The molecule has 0 fully saturated rings. The second kappa shape index (κ2) is 6.54. The number of hydrogen-bond acceptors (Lipinski definition) is 5. The summed E-state index contributed by atoms with van der Waals surface area (Å²) in [5.41, 5.74) is 0.418. The van der Waals surface area contributed by atoms with Crippen molar-refractivity contribution in [2.45, 2.75) is 32.5 Å². The van der Waals surface area contributed by atoms with Gasteiger partial charge in [0.15, 0.2) is 0 Å². The Morgan fingerprint density at radius 1 is 1.37 bits per heavy atom. The number of ether oxygens (including phenoxy) is 1. The quantitative estimate of drug-likeness (QED) is 0.703. The molecule has 19 heavy (non-hydrogen) atoms. The fraction of sp³-hybridized carbons (Fsp3) is 0.500. The molecular weight excluding hydrogens is 246 g/mol. The molecule has 1 unspecified atom stereocenters. The molecule has 106 valence electrons. The van der Waals surface area contributed by atoms with Crippen molar-refractivity contribution < 1.29 is 19.7 Å². The molecule has 3 N–H and O–H groups in total. The van der Waals surface area contributed by atoms with Gasteiger partial charge >= 0.3 is 5.97 Å². The summed E-state index contributed by atoms with van der Waals surface area (Å²) in [6.07, 6.45) is -0.869. The maximum atomic E-state index is 12.0. The van der Waals surface area contributed by atoms with Crippen LogP contribution in [-0.4, -0.2) is 41.0 Å². The molecule has 0 saturated heterocycles. The highest BCUT2D eigenvalue weighted by molar-refractivity contribution is 5.95. The van der Waals surface area contributed by atoms with Gasteiger partial charge in [-0.05, 0) is 32.9 Å². The fourth-order valence-electron chi connectivity index (χ4n) is 1.44. The van der Waals surface area contributed by atoms with Crippen LogP contribution in [0, 0.1) is 0 Å². The van der Waals surface area contributed by atoms with Crippen LogP contribution in [0.2, 0.25) is 0 Å². The van der Waals surface area contributed by atoms with Gasteiger partial charge in [-0.25, -0.2) is 4.79 Å². The number of anilines is 1. The summed E-state index contributed by atoms with van der Waals surface area (Å²) in [5, 5.41) is 21.0. The van der Waals surface area contributed by atoms with E-state index in [1.165, 1.54) is 0 Å². The summed E-state index contributed by atoms with van der Waals surface area (Å²) in [5.74, 6) is -0.422. The Bertz CT molecular complexity index is 426. The van der Waals surface area contributed by atoms with Gasteiger partial charge < -0.3 is 20.3 Å². The second-order valence-corrected chi connectivity index (χ2v) is 5.26. The third-order valence-corrected chi connectivity index (χ3v) is 2.28. The van der Waals surface area contributed by atoms with E-state index in [1.54, 1.807) is 45.0 Å². The summed E-state index contributed by atoms with van der Waals surface area (Å²) in [6, 6.07) is 6.90. The van der Waals surface area contributed by atoms with Crippen LogP contribution >= 0.6 is 0 Å². The van der Waals surface area contributed by atoms with Crippen LogP contribution in [0.4, 0.5) is 5.69 Å². The van der Waals surface area contributed by atoms with Crippen LogP contribution in [0.5, 0.6) is 0 Å². The summed E-state index contributed by atoms with van der Waals surface area (Å²) < 4.78 is 5.31. The van der Waals surface area contributed by atoms with Gasteiger partial charge in [0.25, 0.3) is 0 Å². The third kappa shape index (κ3) is 5.28. The number of hydrogen-bond donors (Lipinski definition) is 3. The lowest BCUT2D eigenvalue weighted by molar-refractivity contribution is 0.00705. The van der Waals surface area contributed by atoms with Crippen molar-refractivity contribution in [3.05, 3.63) is 29.8 Å². The summed E-state index contributed by atoms with van der Waals surface area (Å²) in [4.78, 5) is 12.0. The molecule has 1 rings (SSSR count). The number of carbonyl (C=O) groups is 1. The lowest BCUT2D eigenvalue weighted by Gasteiger charge is -2.21. The van der Waals surface area contributed by atoms with E-state index >= 15 is 0 Å². The Morgan fingerprint density at radius 3 is 2.58 bits per heavy atom. The van der Waals surface area contributed by atoms with Crippen molar-refractivity contribution in [2.24, 2.45) is 0 Å². The molecule has 5 heteroatoms. The van der Waals surface area contributed by atoms with Crippen LogP contribution < -0.4 is 5.32 Å². The predicted molar refractivity (Wildman–Crippen MR) is 73.2 cm³/mol. The number of nitrogens with one attached hydrogen (secondary N) is 1. The van der Waals surface area contributed by atoms with E-state index in [0.29, 0.717) is 11.3 Å². The smallest absolute Gasteiger partial charge is 0.340 e. The molecule has 0 aliphatic rings. The van der Waals surface area contributed by atoms with E-state index < -0.39 is 17.7 Å². The maximum Gasteiger partial charge on any atom is 0.340 e. The van der Waals surface area contributed by atoms with Gasteiger partial charge in [0.2, 0.25) is 0 Å². The lowest BCUT2D eigenvalue weighted by atomic mass is 10.1. The second-order valence-electron chi connectivity index (χ2n) is 5.26. The van der Waals surface area contributed by atoms with E-state index in [2.05, 4.69) is 5.32 Å². The number of aliphatic hydroxyl groups is 2. The van der Waals surface area contributed by atoms with Crippen molar-refractivity contribution in [3.8, 4) is 0 Å². The van der Waals surface area contributed by atoms with Crippen LogP contribution in [-0.2, 0) is 4.74 Å². The minimum Gasteiger partial charge on any atom is -0.456 e. The number of rotatable bonds is 5. The molecule has 0 aliphatic carbocycles. The molecule has 0 aliphatic heterocycles. The molecule has 0 spiro atoms. The summed E-state index contributed by atoms with van der Waals surface area (Å²) in [7, 11) is 0. The molecule has 0 aromatic heterocycles. The molecule has 0 amide bonds. The Hall–Kier alpha value is -1.59. The van der Waals surface area contributed by atoms with Crippen LogP contribution in [0.15, 0.2) is 24.3 Å². The van der Waals surface area contributed by atoms with Crippen LogP contribution in [0.25, 0.3) is 0 Å². The first-order chi connectivity index (χ1) is 8.83. The number of para-hydroxylation sites is 1. The highest BCUT2D eigenvalue weighted by Gasteiger charge is 2.20. The van der Waals surface area contributed by atoms with Gasteiger partial charge in [0.1, 0.15) is 5.60 Å². The van der Waals surface area contributed by atoms with Crippen molar-refractivity contribution in [3.63, 3.8) is 0 Å². The molecule has 1 atom stereocenters. The van der Waals surface area contributed by atoms with Crippen molar-refractivity contribution >= 4 is 11.7 Å². The van der Waals surface area contributed by atoms with Crippen molar-refractivity contribution in [1.29, 1.82) is 0 Å². The Labute approximate surface area is 113 Å². The van der Waals surface area contributed by atoms with Crippen LogP contribution in [0.3, 0.4) is 0 Å². The summed E-state index contributed by atoms with van der Waals surface area (Å²) >= 11 is 0. The first-order valence-corrected chi connectivity index (χ1v) is 6.18. The van der Waals surface area contributed by atoms with Crippen LogP contribution in [0.1, 0.15) is 31.1 Å². The first kappa shape index (κ1) is 15.5. The van der Waals surface area contributed by atoms with Gasteiger partial charge in [-0.15, -0.1) is 0 Å². The summed E-state index contributed by atoms with van der Waals surface area (Å²) in [6.45, 7) is 5.24. The Morgan fingerprint density at radius 2 is 2.00 bits per heavy atom. The molecular formula is C14H21NO4. The van der Waals surface area contributed by atoms with Gasteiger partial charge in [0.05, 0.1) is 18.3 Å². The average molecular weight is 267 g/mol. The zero-order valence-electron chi connectivity index (χ0n) is 11.5. The minimum atomic E-state index is -0.869. The van der Waals surface area contributed by atoms with Gasteiger partial charge in [-0.3, -0.25) is 0 Å². The normalized spacial score (nSPS) is 12.9. The molecule has 0 radical (unpaired) electrons. The van der Waals surface area contributed by atoms with E-state index in [9.17, 15) is 9.90 Å². The SMILES string of the molecule is CC(C)(C)OC(=O)c1ccccc1NCC(O)CO. The third-order valence-electron chi connectivity index (χ3n) is 2.28. The lowest BCUT2D eigenvalue weighted by Crippen LogP contribution is -2.26. The van der Waals surface area contributed by atoms with Crippen molar-refractivity contribution in [2.75, 3.05) is 18.5 Å². The molecule has 0 bridgehead atoms. The van der Waals surface area contributed by atoms with E-state index in [1.807, 2.05) is 0 Å². The first-order valence-electron chi connectivity index (χ1n) is 6.18. The standard InChI is InChI=1S/C14H21NO4/c1-14(2,3)19-13(18)11-6-4-5-7-12(11)15-8-10(17)9-16/h4-7,10,15-17H,8-9H2,1-3H3. The molecule has 5 nitrogen and oxygen atoms in total. The molecule has 0 saturated carbocycles. The molecule has 0 heterocycles.